The molecule has 5 nitrogen and oxygen atoms in total. The SMILES string of the molecule is CN1CCN(C)c2c1c(F)n[nH]c2=O. The number of likely N-dealkylation sites (N-methyl/N-ethyl adjacent to an activating group) is 2. The minimum atomic E-state index is -0.631. The van der Waals surface area contributed by atoms with Crippen LogP contribution in [0.3, 0.4) is 0 Å². The molecular formula is C8H11FN4O. The van der Waals surface area contributed by atoms with Gasteiger partial charge < -0.3 is 9.80 Å². The molecule has 1 aliphatic heterocycles. The Kier molecular flexibility index (Phi) is 1.90. The minimum absolute atomic E-state index is 0.280. The molecule has 0 amide bonds. The van der Waals surface area contributed by atoms with Crippen LogP contribution < -0.4 is 15.4 Å². The molecule has 1 N–H and O–H groups in total. The van der Waals surface area contributed by atoms with Crippen molar-refractivity contribution in [3.63, 3.8) is 0 Å². The number of H-pyrrole nitrogens is 1. The summed E-state index contributed by atoms with van der Waals surface area (Å²) in [5, 5.41) is 5.43. The third-order valence-corrected chi connectivity index (χ3v) is 2.42. The van der Waals surface area contributed by atoms with E-state index in [4.69, 9.17) is 0 Å². The number of nitrogens with zero attached hydrogens (tertiary/aromatic N) is 3. The maximum atomic E-state index is 13.3. The third-order valence-electron chi connectivity index (χ3n) is 2.42. The lowest BCUT2D eigenvalue weighted by Gasteiger charge is -2.33. The molecule has 1 aromatic heterocycles. The van der Waals surface area contributed by atoms with Crippen molar-refractivity contribution >= 4 is 11.4 Å². The molecule has 6 heteroatoms. The van der Waals surface area contributed by atoms with E-state index >= 15 is 0 Å². The molecule has 1 aliphatic rings. The van der Waals surface area contributed by atoms with Crippen molar-refractivity contribution in [1.82, 2.24) is 10.2 Å². The Morgan fingerprint density at radius 3 is 2.43 bits per heavy atom. The van der Waals surface area contributed by atoms with Crippen LogP contribution in [0.5, 0.6) is 0 Å². The quantitative estimate of drug-likeness (QED) is 0.627. The summed E-state index contributed by atoms with van der Waals surface area (Å²) in [5.41, 5.74) is 0.282. The summed E-state index contributed by atoms with van der Waals surface area (Å²) in [4.78, 5) is 14.9. The van der Waals surface area contributed by atoms with Gasteiger partial charge in [0.25, 0.3) is 11.5 Å². The zero-order chi connectivity index (χ0) is 10.3. The number of halogens is 1. The van der Waals surface area contributed by atoms with E-state index in [1.54, 1.807) is 23.9 Å². The fourth-order valence-corrected chi connectivity index (χ4v) is 1.63. The van der Waals surface area contributed by atoms with Gasteiger partial charge in [0.1, 0.15) is 11.4 Å². The number of rotatable bonds is 0. The van der Waals surface area contributed by atoms with Gasteiger partial charge >= 0.3 is 0 Å². The van der Waals surface area contributed by atoms with E-state index < -0.39 is 5.95 Å². The Labute approximate surface area is 80.1 Å². The van der Waals surface area contributed by atoms with E-state index in [2.05, 4.69) is 10.2 Å². The Balaban J connectivity index is 2.71. The lowest BCUT2D eigenvalue weighted by Crippen LogP contribution is -2.41. The first-order chi connectivity index (χ1) is 6.61. The third kappa shape index (κ3) is 1.14. The van der Waals surface area contributed by atoms with Crippen molar-refractivity contribution in [1.29, 1.82) is 0 Å². The largest absolute Gasteiger partial charge is 0.367 e. The number of anilines is 2. The summed E-state index contributed by atoms with van der Waals surface area (Å²) < 4.78 is 13.3. The van der Waals surface area contributed by atoms with Crippen molar-refractivity contribution in [2.75, 3.05) is 37.0 Å². The van der Waals surface area contributed by atoms with Gasteiger partial charge in [0.05, 0.1) is 0 Å². The summed E-state index contributed by atoms with van der Waals surface area (Å²) in [5.74, 6) is -0.631. The number of aromatic nitrogens is 2. The molecule has 0 radical (unpaired) electrons. The highest BCUT2D eigenvalue weighted by molar-refractivity contribution is 5.71. The molecule has 0 aliphatic carbocycles. The van der Waals surface area contributed by atoms with E-state index in [9.17, 15) is 9.18 Å². The van der Waals surface area contributed by atoms with Crippen molar-refractivity contribution in [2.24, 2.45) is 0 Å². The first kappa shape index (κ1) is 8.98. The van der Waals surface area contributed by atoms with Crippen LogP contribution in [0.25, 0.3) is 0 Å². The predicted molar refractivity (Wildman–Crippen MR) is 51.4 cm³/mol. The van der Waals surface area contributed by atoms with Crippen LogP contribution >= 0.6 is 0 Å². The highest BCUT2D eigenvalue weighted by Gasteiger charge is 2.25. The Morgan fingerprint density at radius 2 is 1.86 bits per heavy atom. The molecule has 76 valence electrons. The first-order valence-corrected chi connectivity index (χ1v) is 4.31. The maximum absolute atomic E-state index is 13.3. The van der Waals surface area contributed by atoms with Crippen LogP contribution in [0.4, 0.5) is 15.8 Å². The molecule has 0 bridgehead atoms. The highest BCUT2D eigenvalue weighted by Crippen LogP contribution is 2.28. The standard InChI is InChI=1S/C8H11FN4O/c1-12-3-4-13(2)6-5(12)7(9)10-11-8(6)14/h3-4H2,1-2H3,(H,11,14). The maximum Gasteiger partial charge on any atom is 0.290 e. The van der Waals surface area contributed by atoms with Gasteiger partial charge in [-0.1, -0.05) is 0 Å². The van der Waals surface area contributed by atoms with E-state index in [-0.39, 0.29) is 11.2 Å². The zero-order valence-corrected chi connectivity index (χ0v) is 8.04. The summed E-state index contributed by atoms with van der Waals surface area (Å²) in [6, 6.07) is 0. The first-order valence-electron chi connectivity index (χ1n) is 4.31. The molecule has 0 aromatic carbocycles. The van der Waals surface area contributed by atoms with Crippen molar-refractivity contribution in [3.8, 4) is 0 Å². The second kappa shape index (κ2) is 2.97. The van der Waals surface area contributed by atoms with Gasteiger partial charge in [-0.2, -0.15) is 4.39 Å². The summed E-state index contributed by atoms with van der Waals surface area (Å²) in [6.45, 7) is 1.39. The summed E-state index contributed by atoms with van der Waals surface area (Å²) in [6.07, 6.45) is 0. The van der Waals surface area contributed by atoms with Crippen molar-refractivity contribution in [2.45, 2.75) is 0 Å². The van der Waals surface area contributed by atoms with Gasteiger partial charge in [0, 0.05) is 27.2 Å². The Morgan fingerprint density at radius 1 is 1.29 bits per heavy atom. The van der Waals surface area contributed by atoms with E-state index in [0.29, 0.717) is 18.8 Å². The van der Waals surface area contributed by atoms with Gasteiger partial charge in [-0.05, 0) is 0 Å². The molecule has 0 saturated heterocycles. The van der Waals surface area contributed by atoms with E-state index in [1.165, 1.54) is 0 Å². The lowest BCUT2D eigenvalue weighted by atomic mass is 10.2. The Hall–Kier alpha value is -1.59. The Bertz CT molecular complexity index is 416. The summed E-state index contributed by atoms with van der Waals surface area (Å²) >= 11 is 0. The van der Waals surface area contributed by atoms with Crippen LogP contribution in [-0.2, 0) is 0 Å². The molecule has 1 aromatic rings. The van der Waals surface area contributed by atoms with Crippen LogP contribution in [0.2, 0.25) is 0 Å². The molecular weight excluding hydrogens is 187 g/mol. The number of hydrogen-bond acceptors (Lipinski definition) is 4. The fourth-order valence-electron chi connectivity index (χ4n) is 1.63. The topological polar surface area (TPSA) is 52.2 Å². The van der Waals surface area contributed by atoms with E-state index in [1.807, 2.05) is 0 Å². The molecule has 2 rings (SSSR count). The smallest absolute Gasteiger partial charge is 0.290 e. The molecule has 2 heterocycles. The average molecular weight is 198 g/mol. The minimum Gasteiger partial charge on any atom is -0.367 e. The van der Waals surface area contributed by atoms with Crippen LogP contribution in [0, 0.1) is 5.95 Å². The fraction of sp³-hybridized carbons (Fsp3) is 0.500. The highest BCUT2D eigenvalue weighted by atomic mass is 19.1. The summed E-state index contributed by atoms with van der Waals surface area (Å²) in [7, 11) is 3.51. The van der Waals surface area contributed by atoms with Crippen LogP contribution in [0.1, 0.15) is 0 Å². The van der Waals surface area contributed by atoms with Gasteiger partial charge in [-0.25, -0.2) is 5.10 Å². The van der Waals surface area contributed by atoms with Gasteiger partial charge in [-0.15, -0.1) is 5.10 Å². The second-order valence-corrected chi connectivity index (χ2v) is 3.38. The lowest BCUT2D eigenvalue weighted by molar-refractivity contribution is 0.552. The monoisotopic (exact) mass is 198 g/mol. The number of nitrogens with one attached hydrogen (secondary N) is 1. The molecule has 0 unspecified atom stereocenters. The van der Waals surface area contributed by atoms with Crippen molar-refractivity contribution < 1.29 is 4.39 Å². The van der Waals surface area contributed by atoms with Gasteiger partial charge in [0.2, 0.25) is 0 Å². The molecule has 0 atom stereocenters. The van der Waals surface area contributed by atoms with Crippen molar-refractivity contribution in [3.05, 3.63) is 16.3 Å². The average Bonchev–Trinajstić information content (AvgIpc) is 2.16. The second-order valence-electron chi connectivity index (χ2n) is 3.38. The number of fused-ring (bicyclic) bond motifs is 1. The van der Waals surface area contributed by atoms with Gasteiger partial charge in [0.15, 0.2) is 0 Å². The van der Waals surface area contributed by atoms with E-state index in [0.717, 1.165) is 0 Å². The predicted octanol–water partition coefficient (Wildman–Crippen LogP) is -0.205. The molecule has 0 spiro atoms. The number of hydrogen-bond donors (Lipinski definition) is 1. The normalized spacial score (nSPS) is 15.6. The molecule has 0 fully saturated rings. The number of aromatic amines is 1. The zero-order valence-electron chi connectivity index (χ0n) is 8.04. The van der Waals surface area contributed by atoms with Crippen LogP contribution in [-0.4, -0.2) is 37.4 Å². The van der Waals surface area contributed by atoms with Crippen LogP contribution in [0.15, 0.2) is 4.79 Å². The molecule has 14 heavy (non-hydrogen) atoms. The molecule has 0 saturated carbocycles. The van der Waals surface area contributed by atoms with Gasteiger partial charge in [-0.3, -0.25) is 4.79 Å².